The van der Waals surface area contributed by atoms with Gasteiger partial charge in [-0.25, -0.2) is 0 Å². The fraction of sp³-hybridized carbons (Fsp3) is 0.348. The molecule has 0 bridgehead atoms. The summed E-state index contributed by atoms with van der Waals surface area (Å²) in [7, 11) is 0. The van der Waals surface area contributed by atoms with E-state index in [0.29, 0.717) is 10.8 Å². The third-order valence-corrected chi connectivity index (χ3v) is 6.88. The average Bonchev–Trinajstić information content (AvgIpc) is 3.10. The van der Waals surface area contributed by atoms with Crippen molar-refractivity contribution in [3.8, 4) is 0 Å². The summed E-state index contributed by atoms with van der Waals surface area (Å²) < 4.78 is 0. The van der Waals surface area contributed by atoms with Crippen LogP contribution in [0.1, 0.15) is 50.7 Å². The minimum Gasteiger partial charge on any atom is -0.111 e. The van der Waals surface area contributed by atoms with Crippen LogP contribution in [0.25, 0.3) is 5.57 Å². The van der Waals surface area contributed by atoms with E-state index < -0.39 is 0 Å². The fourth-order valence-electron chi connectivity index (χ4n) is 4.53. The Bertz CT molecular complexity index is 802. The predicted molar refractivity (Wildman–Crippen MR) is 107 cm³/mol. The van der Waals surface area contributed by atoms with Gasteiger partial charge in [-0.05, 0) is 53.8 Å². The van der Waals surface area contributed by atoms with E-state index >= 15 is 0 Å². The molecule has 2 aliphatic carbocycles. The standard InChI is InChI=1S/C23H22Cl2/c1-22-13-3-4-14-23(22,2)21(22)15-20(16-5-9-18(24)10-6-16)17-7-11-19(25)12-8-17/h5-12H,3-4,13-14H2,1-2H3. The molecule has 2 fully saturated rings. The molecular formula is C23H22Cl2. The second kappa shape index (κ2) is 6.06. The number of benzene rings is 2. The number of hydrogen-bond donors (Lipinski definition) is 0. The summed E-state index contributed by atoms with van der Waals surface area (Å²) in [6, 6.07) is 16.1. The van der Waals surface area contributed by atoms with Crippen LogP contribution in [0.4, 0.5) is 0 Å². The first-order valence-corrected chi connectivity index (χ1v) is 9.73. The maximum Gasteiger partial charge on any atom is 0.0406 e. The maximum absolute atomic E-state index is 6.09. The van der Waals surface area contributed by atoms with Crippen LogP contribution in [0.5, 0.6) is 0 Å². The van der Waals surface area contributed by atoms with Crippen LogP contribution in [-0.4, -0.2) is 0 Å². The number of hydrogen-bond acceptors (Lipinski definition) is 0. The molecule has 0 amide bonds. The van der Waals surface area contributed by atoms with Gasteiger partial charge in [0.2, 0.25) is 0 Å². The summed E-state index contributed by atoms with van der Waals surface area (Å²) in [5, 5.41) is 1.51. The van der Waals surface area contributed by atoms with Crippen LogP contribution >= 0.6 is 23.2 Å². The molecular weight excluding hydrogens is 347 g/mol. The maximum atomic E-state index is 6.09. The van der Waals surface area contributed by atoms with Gasteiger partial charge in [0.25, 0.3) is 0 Å². The Kier molecular flexibility index (Phi) is 4.12. The lowest BCUT2D eigenvalue weighted by Gasteiger charge is -2.22. The van der Waals surface area contributed by atoms with Crippen molar-refractivity contribution in [1.29, 1.82) is 0 Å². The summed E-state index contributed by atoms with van der Waals surface area (Å²) in [5.74, 6) is 0. The van der Waals surface area contributed by atoms with Crippen LogP contribution in [0.15, 0.2) is 59.8 Å². The first-order valence-electron chi connectivity index (χ1n) is 8.98. The molecule has 128 valence electrons. The van der Waals surface area contributed by atoms with Crippen LogP contribution in [0, 0.1) is 10.8 Å². The van der Waals surface area contributed by atoms with E-state index in [4.69, 9.17) is 23.2 Å². The number of fused-ring (bicyclic) bond motifs is 1. The second-order valence-corrected chi connectivity index (χ2v) is 8.63. The molecule has 25 heavy (non-hydrogen) atoms. The van der Waals surface area contributed by atoms with Crippen molar-refractivity contribution in [2.45, 2.75) is 39.5 Å². The lowest BCUT2D eigenvalue weighted by molar-refractivity contribution is 0.277. The Morgan fingerprint density at radius 1 is 0.760 bits per heavy atom. The van der Waals surface area contributed by atoms with Crippen molar-refractivity contribution < 1.29 is 0 Å². The minimum atomic E-state index is 0.315. The summed E-state index contributed by atoms with van der Waals surface area (Å²) >= 11 is 12.2. The van der Waals surface area contributed by atoms with Gasteiger partial charge in [-0.15, -0.1) is 5.73 Å². The molecule has 0 aromatic heterocycles. The van der Waals surface area contributed by atoms with E-state index in [1.54, 1.807) is 0 Å². The van der Waals surface area contributed by atoms with E-state index in [2.05, 4.69) is 43.8 Å². The summed E-state index contributed by atoms with van der Waals surface area (Å²) in [4.78, 5) is 0. The van der Waals surface area contributed by atoms with Crippen molar-refractivity contribution in [3.05, 3.63) is 81.0 Å². The predicted octanol–water partition coefficient (Wildman–Crippen LogP) is 7.55. The first kappa shape index (κ1) is 17.0. The van der Waals surface area contributed by atoms with Gasteiger partial charge in [0, 0.05) is 26.4 Å². The van der Waals surface area contributed by atoms with Gasteiger partial charge in [-0.1, -0.05) is 74.2 Å². The molecule has 4 rings (SSSR count). The van der Waals surface area contributed by atoms with E-state index in [1.807, 2.05) is 24.3 Å². The monoisotopic (exact) mass is 368 g/mol. The molecule has 2 unspecified atom stereocenters. The highest BCUT2D eigenvalue weighted by molar-refractivity contribution is 6.31. The second-order valence-electron chi connectivity index (χ2n) is 7.76. The van der Waals surface area contributed by atoms with Crippen LogP contribution in [-0.2, 0) is 0 Å². The third-order valence-electron chi connectivity index (χ3n) is 6.38. The van der Waals surface area contributed by atoms with Crippen molar-refractivity contribution in [2.75, 3.05) is 0 Å². The molecule has 2 atom stereocenters. The minimum absolute atomic E-state index is 0.315. The highest BCUT2D eigenvalue weighted by Crippen LogP contribution is 2.75. The first-order chi connectivity index (χ1) is 11.9. The summed E-state index contributed by atoms with van der Waals surface area (Å²) in [5.41, 5.74) is 9.38. The molecule has 0 radical (unpaired) electrons. The molecule has 0 spiro atoms. The highest BCUT2D eigenvalue weighted by Gasteiger charge is 2.66. The molecule has 0 N–H and O–H groups in total. The van der Waals surface area contributed by atoms with Gasteiger partial charge in [0.05, 0.1) is 0 Å². The molecule has 2 heteroatoms. The molecule has 0 saturated heterocycles. The third kappa shape index (κ3) is 2.77. The Hall–Kier alpha value is -1.46. The van der Waals surface area contributed by atoms with E-state index in [0.717, 1.165) is 26.7 Å². The highest BCUT2D eigenvalue weighted by atomic mass is 35.5. The zero-order valence-electron chi connectivity index (χ0n) is 14.7. The van der Waals surface area contributed by atoms with Crippen molar-refractivity contribution in [2.24, 2.45) is 10.8 Å². The molecule has 2 saturated carbocycles. The van der Waals surface area contributed by atoms with Gasteiger partial charge in [-0.3, -0.25) is 0 Å². The van der Waals surface area contributed by atoms with Gasteiger partial charge in [0.15, 0.2) is 0 Å². The number of rotatable bonds is 2. The number of halogens is 2. The Morgan fingerprint density at radius 3 is 1.56 bits per heavy atom. The van der Waals surface area contributed by atoms with Crippen molar-refractivity contribution >= 4 is 28.8 Å². The van der Waals surface area contributed by atoms with E-state index in [-0.39, 0.29) is 0 Å². The van der Waals surface area contributed by atoms with E-state index in [1.165, 1.54) is 31.3 Å². The van der Waals surface area contributed by atoms with Crippen LogP contribution in [0.3, 0.4) is 0 Å². The summed E-state index contributed by atoms with van der Waals surface area (Å²) in [6.45, 7) is 4.83. The normalized spacial score (nSPS) is 27.4. The lowest BCUT2D eigenvalue weighted by Crippen LogP contribution is -2.12. The van der Waals surface area contributed by atoms with Crippen LogP contribution < -0.4 is 0 Å². The Morgan fingerprint density at radius 2 is 1.16 bits per heavy atom. The molecule has 2 aromatic rings. The average molecular weight is 369 g/mol. The van der Waals surface area contributed by atoms with E-state index in [9.17, 15) is 0 Å². The van der Waals surface area contributed by atoms with Gasteiger partial charge in [-0.2, -0.15) is 0 Å². The SMILES string of the molecule is CC12CCCCC1(C)C2=C=C(c1ccc(Cl)cc1)c1ccc(Cl)cc1. The van der Waals surface area contributed by atoms with Gasteiger partial charge in [0.1, 0.15) is 0 Å². The lowest BCUT2D eigenvalue weighted by atomic mass is 9.82. The van der Waals surface area contributed by atoms with Gasteiger partial charge < -0.3 is 0 Å². The topological polar surface area (TPSA) is 0 Å². The summed E-state index contributed by atoms with van der Waals surface area (Å²) in [6.07, 6.45) is 5.21. The molecule has 2 aliphatic rings. The van der Waals surface area contributed by atoms with Crippen LogP contribution in [0.2, 0.25) is 10.0 Å². The Labute approximate surface area is 160 Å². The molecule has 0 aliphatic heterocycles. The molecule has 0 heterocycles. The Balaban J connectivity index is 1.91. The zero-order chi connectivity index (χ0) is 17.7. The van der Waals surface area contributed by atoms with Crippen molar-refractivity contribution in [1.82, 2.24) is 0 Å². The largest absolute Gasteiger partial charge is 0.111 e. The quantitative estimate of drug-likeness (QED) is 0.479. The zero-order valence-corrected chi connectivity index (χ0v) is 16.2. The molecule has 0 nitrogen and oxygen atoms in total. The fourth-order valence-corrected chi connectivity index (χ4v) is 4.78. The van der Waals surface area contributed by atoms with Crippen molar-refractivity contribution in [3.63, 3.8) is 0 Å². The molecule has 2 aromatic carbocycles. The smallest absolute Gasteiger partial charge is 0.0406 e. The number of allylic oxidation sites excluding steroid dienone is 1. The van der Waals surface area contributed by atoms with Gasteiger partial charge >= 0.3 is 0 Å².